The van der Waals surface area contributed by atoms with Gasteiger partial charge in [0.05, 0.1) is 23.7 Å². The SMILES string of the molecule is COc1cccc(N2CCCC(NC(=O)c3sc4ncn(C)c(=O)c4c3C)C2)c1. The van der Waals surface area contributed by atoms with Crippen molar-refractivity contribution in [1.82, 2.24) is 14.9 Å². The van der Waals surface area contributed by atoms with Crippen LogP contribution in [0.2, 0.25) is 0 Å². The van der Waals surface area contributed by atoms with E-state index in [0.717, 1.165) is 37.4 Å². The van der Waals surface area contributed by atoms with Gasteiger partial charge in [0.1, 0.15) is 10.6 Å². The van der Waals surface area contributed by atoms with Crippen LogP contribution < -0.4 is 20.5 Å². The summed E-state index contributed by atoms with van der Waals surface area (Å²) in [5.41, 5.74) is 1.68. The minimum atomic E-state index is -0.134. The Bertz CT molecular complexity index is 1120. The first-order valence-corrected chi connectivity index (χ1v) is 10.4. The van der Waals surface area contributed by atoms with Gasteiger partial charge in [0, 0.05) is 37.9 Å². The molecule has 0 radical (unpaired) electrons. The van der Waals surface area contributed by atoms with Gasteiger partial charge in [0.2, 0.25) is 0 Å². The molecule has 1 fully saturated rings. The summed E-state index contributed by atoms with van der Waals surface area (Å²) in [6.07, 6.45) is 3.42. The predicted octanol–water partition coefficient (Wildman–Crippen LogP) is 2.71. The van der Waals surface area contributed by atoms with E-state index in [1.54, 1.807) is 14.2 Å². The molecule has 1 aliphatic rings. The van der Waals surface area contributed by atoms with Crippen molar-refractivity contribution >= 4 is 33.1 Å². The highest BCUT2D eigenvalue weighted by molar-refractivity contribution is 7.20. The molecule has 1 amide bonds. The van der Waals surface area contributed by atoms with Gasteiger partial charge in [-0.3, -0.25) is 9.59 Å². The number of hydrogen-bond donors (Lipinski definition) is 1. The number of anilines is 1. The lowest BCUT2D eigenvalue weighted by Gasteiger charge is -2.34. The van der Waals surface area contributed by atoms with Crippen LogP contribution in [0.25, 0.3) is 10.2 Å². The number of fused-ring (bicyclic) bond motifs is 1. The molecule has 1 atom stereocenters. The third-order valence-corrected chi connectivity index (χ3v) is 6.59. The lowest BCUT2D eigenvalue weighted by molar-refractivity contribution is 0.0937. The number of piperidine rings is 1. The summed E-state index contributed by atoms with van der Waals surface area (Å²) in [4.78, 5) is 33.1. The van der Waals surface area contributed by atoms with Crippen LogP contribution >= 0.6 is 11.3 Å². The highest BCUT2D eigenvalue weighted by Crippen LogP contribution is 2.28. The molecule has 3 aromatic rings. The van der Waals surface area contributed by atoms with Crippen LogP contribution in [0.3, 0.4) is 0 Å². The zero-order chi connectivity index (χ0) is 20.5. The zero-order valence-electron chi connectivity index (χ0n) is 16.8. The lowest BCUT2D eigenvalue weighted by Crippen LogP contribution is -2.47. The zero-order valence-corrected chi connectivity index (χ0v) is 17.6. The van der Waals surface area contributed by atoms with Gasteiger partial charge < -0.3 is 19.5 Å². The second-order valence-electron chi connectivity index (χ2n) is 7.36. The predicted molar refractivity (Wildman–Crippen MR) is 115 cm³/mol. The molecule has 0 saturated carbocycles. The molecule has 7 nitrogen and oxygen atoms in total. The number of aromatic nitrogens is 2. The highest BCUT2D eigenvalue weighted by Gasteiger charge is 2.25. The second-order valence-corrected chi connectivity index (χ2v) is 8.36. The number of nitrogens with zero attached hydrogens (tertiary/aromatic N) is 3. The Hall–Kier alpha value is -2.87. The fourth-order valence-corrected chi connectivity index (χ4v) is 4.86. The fourth-order valence-electron chi connectivity index (χ4n) is 3.81. The van der Waals surface area contributed by atoms with Gasteiger partial charge in [-0.15, -0.1) is 11.3 Å². The first-order valence-electron chi connectivity index (χ1n) is 9.62. The second kappa shape index (κ2) is 7.87. The Morgan fingerprint density at radius 3 is 3.00 bits per heavy atom. The van der Waals surface area contributed by atoms with Gasteiger partial charge in [-0.2, -0.15) is 0 Å². The third kappa shape index (κ3) is 3.72. The average molecular weight is 413 g/mol. The topological polar surface area (TPSA) is 76.5 Å². The Morgan fingerprint density at radius 2 is 2.21 bits per heavy atom. The third-order valence-electron chi connectivity index (χ3n) is 5.39. The number of hydrogen-bond acceptors (Lipinski definition) is 6. The molecule has 4 rings (SSSR count). The van der Waals surface area contributed by atoms with Crippen molar-refractivity contribution in [3.8, 4) is 5.75 Å². The molecule has 29 heavy (non-hydrogen) atoms. The van der Waals surface area contributed by atoms with Crippen molar-refractivity contribution in [3.05, 3.63) is 51.4 Å². The van der Waals surface area contributed by atoms with E-state index in [9.17, 15) is 9.59 Å². The van der Waals surface area contributed by atoms with Crippen LogP contribution in [0.1, 0.15) is 28.1 Å². The van der Waals surface area contributed by atoms with Crippen molar-refractivity contribution in [2.75, 3.05) is 25.1 Å². The number of carbonyl (C=O) groups excluding carboxylic acids is 1. The fraction of sp³-hybridized carbons (Fsp3) is 0.381. The van der Waals surface area contributed by atoms with E-state index in [1.807, 2.05) is 25.1 Å². The van der Waals surface area contributed by atoms with Crippen molar-refractivity contribution in [3.63, 3.8) is 0 Å². The van der Waals surface area contributed by atoms with Crippen LogP contribution in [-0.2, 0) is 7.05 Å². The van der Waals surface area contributed by atoms with Gasteiger partial charge >= 0.3 is 0 Å². The van der Waals surface area contributed by atoms with Gasteiger partial charge in [0.15, 0.2) is 0 Å². The van der Waals surface area contributed by atoms with E-state index in [0.29, 0.717) is 20.7 Å². The van der Waals surface area contributed by atoms with Gasteiger partial charge in [-0.1, -0.05) is 6.07 Å². The van der Waals surface area contributed by atoms with E-state index in [-0.39, 0.29) is 17.5 Å². The average Bonchev–Trinajstić information content (AvgIpc) is 3.08. The number of benzene rings is 1. The van der Waals surface area contributed by atoms with E-state index < -0.39 is 0 Å². The van der Waals surface area contributed by atoms with Gasteiger partial charge in [-0.25, -0.2) is 4.98 Å². The number of ether oxygens (including phenoxy) is 1. The number of thiophene rings is 1. The smallest absolute Gasteiger partial charge is 0.262 e. The monoisotopic (exact) mass is 412 g/mol. The lowest BCUT2D eigenvalue weighted by atomic mass is 10.0. The quantitative estimate of drug-likeness (QED) is 0.713. The molecule has 152 valence electrons. The maximum atomic E-state index is 13.0. The molecule has 1 unspecified atom stereocenters. The molecule has 2 aromatic heterocycles. The molecule has 1 aliphatic heterocycles. The maximum absolute atomic E-state index is 13.0. The van der Waals surface area contributed by atoms with Crippen LogP contribution in [0.4, 0.5) is 5.69 Å². The Morgan fingerprint density at radius 1 is 1.38 bits per heavy atom. The summed E-state index contributed by atoms with van der Waals surface area (Å²) in [5.74, 6) is 0.689. The Balaban J connectivity index is 1.52. The molecule has 1 saturated heterocycles. The molecule has 8 heteroatoms. The summed E-state index contributed by atoms with van der Waals surface area (Å²) in [7, 11) is 3.33. The minimum Gasteiger partial charge on any atom is -0.497 e. The molecule has 1 N–H and O–H groups in total. The summed E-state index contributed by atoms with van der Waals surface area (Å²) in [6.45, 7) is 3.50. The number of amides is 1. The van der Waals surface area contributed by atoms with Crippen LogP contribution in [0.15, 0.2) is 35.4 Å². The first-order chi connectivity index (χ1) is 14.0. The number of rotatable bonds is 4. The normalized spacial score (nSPS) is 16.8. The number of aryl methyl sites for hydroxylation is 2. The van der Waals surface area contributed by atoms with Crippen LogP contribution in [-0.4, -0.2) is 41.7 Å². The summed E-state index contributed by atoms with van der Waals surface area (Å²) >= 11 is 1.28. The van der Waals surface area contributed by atoms with Gasteiger partial charge in [0.25, 0.3) is 11.5 Å². The number of carbonyl (C=O) groups is 1. The summed E-state index contributed by atoms with van der Waals surface area (Å²) in [6, 6.07) is 8.02. The minimum absolute atomic E-state index is 0.0443. The van der Waals surface area contributed by atoms with Crippen LogP contribution in [0, 0.1) is 6.92 Å². The maximum Gasteiger partial charge on any atom is 0.262 e. The van der Waals surface area contributed by atoms with Crippen molar-refractivity contribution in [1.29, 1.82) is 0 Å². The van der Waals surface area contributed by atoms with Crippen molar-refractivity contribution < 1.29 is 9.53 Å². The van der Waals surface area contributed by atoms with Gasteiger partial charge in [-0.05, 0) is 37.5 Å². The summed E-state index contributed by atoms with van der Waals surface area (Å²) < 4.78 is 6.77. The standard InChI is InChI=1S/C21H24N4O3S/c1-13-17-20(22-12-24(2)21(17)27)29-18(13)19(26)23-14-6-5-9-25(11-14)15-7-4-8-16(10-15)28-3/h4,7-8,10,12,14H,5-6,9,11H2,1-3H3,(H,23,26). The van der Waals surface area contributed by atoms with E-state index in [2.05, 4.69) is 21.3 Å². The van der Waals surface area contributed by atoms with Crippen molar-refractivity contribution in [2.24, 2.45) is 7.05 Å². The first kappa shape index (κ1) is 19.4. The molecular weight excluding hydrogens is 388 g/mol. The Kier molecular flexibility index (Phi) is 5.27. The van der Waals surface area contributed by atoms with E-state index in [1.165, 1.54) is 22.2 Å². The summed E-state index contributed by atoms with van der Waals surface area (Å²) in [5, 5.41) is 3.70. The van der Waals surface area contributed by atoms with Crippen molar-refractivity contribution in [2.45, 2.75) is 25.8 Å². The largest absolute Gasteiger partial charge is 0.497 e. The molecule has 3 heterocycles. The Labute approximate surface area is 172 Å². The molecule has 0 spiro atoms. The molecular formula is C21H24N4O3S. The number of nitrogens with one attached hydrogen (secondary N) is 1. The highest BCUT2D eigenvalue weighted by atomic mass is 32.1. The number of methoxy groups -OCH3 is 1. The van der Waals surface area contributed by atoms with E-state index >= 15 is 0 Å². The molecule has 0 bridgehead atoms. The molecule has 1 aromatic carbocycles. The van der Waals surface area contributed by atoms with Crippen LogP contribution in [0.5, 0.6) is 5.75 Å². The molecule has 0 aliphatic carbocycles. The van der Waals surface area contributed by atoms with E-state index in [4.69, 9.17) is 4.74 Å².